The van der Waals surface area contributed by atoms with Gasteiger partial charge in [-0.1, -0.05) is 6.07 Å². The lowest BCUT2D eigenvalue weighted by Gasteiger charge is -2.24. The van der Waals surface area contributed by atoms with Crippen LogP contribution in [0.2, 0.25) is 0 Å². The maximum atomic E-state index is 12.6. The maximum absolute atomic E-state index is 12.6. The number of rotatable bonds is 4. The summed E-state index contributed by atoms with van der Waals surface area (Å²) in [6.45, 7) is 5.50. The highest BCUT2D eigenvalue weighted by atomic mass is 16.3. The number of carbonyl (C=O) groups excluding carboxylic acids is 1. The molecule has 0 spiro atoms. The van der Waals surface area contributed by atoms with Crippen LogP contribution in [0.4, 0.5) is 10.5 Å². The van der Waals surface area contributed by atoms with Crippen LogP contribution in [0, 0.1) is 13.8 Å². The van der Waals surface area contributed by atoms with Gasteiger partial charge in [-0.25, -0.2) is 4.79 Å². The van der Waals surface area contributed by atoms with Gasteiger partial charge in [0.05, 0.1) is 6.54 Å². The van der Waals surface area contributed by atoms with Gasteiger partial charge in [0.1, 0.15) is 17.1 Å². The monoisotopic (exact) mass is 368 g/mol. The molecule has 3 N–H and O–H groups in total. The molecule has 5 heteroatoms. The summed E-state index contributed by atoms with van der Waals surface area (Å²) in [7, 11) is 0. The number of aliphatic hydroxyl groups is 1. The minimum absolute atomic E-state index is 0.121. The number of amides is 2. The Balaban J connectivity index is 1.49. The number of furan rings is 1. The van der Waals surface area contributed by atoms with Crippen molar-refractivity contribution in [3.05, 3.63) is 51.5 Å². The zero-order valence-electron chi connectivity index (χ0n) is 16.4. The molecule has 5 nitrogen and oxygen atoms in total. The van der Waals surface area contributed by atoms with Gasteiger partial charge in [-0.15, -0.1) is 0 Å². The normalized spacial score (nSPS) is 17.3. The van der Waals surface area contributed by atoms with Crippen molar-refractivity contribution in [2.75, 3.05) is 11.9 Å². The standard InChI is InChI=1S/C22H28N2O3/c1-13-10-19(14(2)27-13)22(3,26)12-23-21(25)24-20-17-8-4-6-15(17)11-16-7-5-9-18(16)20/h10-11,26H,4-9,12H2,1-3H3,(H2,23,24,25). The van der Waals surface area contributed by atoms with Crippen LogP contribution in [0.5, 0.6) is 0 Å². The highest BCUT2D eigenvalue weighted by Crippen LogP contribution is 2.38. The third-order valence-corrected chi connectivity index (χ3v) is 5.93. The quantitative estimate of drug-likeness (QED) is 0.766. The average molecular weight is 368 g/mol. The molecule has 2 aliphatic rings. The molecule has 0 bridgehead atoms. The molecule has 2 amide bonds. The summed E-state index contributed by atoms with van der Waals surface area (Å²) in [5.74, 6) is 1.43. The van der Waals surface area contributed by atoms with Crippen molar-refractivity contribution in [2.45, 2.75) is 64.9 Å². The minimum Gasteiger partial charge on any atom is -0.466 e. The highest BCUT2D eigenvalue weighted by Gasteiger charge is 2.29. The Kier molecular flexibility index (Phi) is 4.50. The van der Waals surface area contributed by atoms with Gasteiger partial charge < -0.3 is 20.2 Å². The molecule has 0 radical (unpaired) electrons. The van der Waals surface area contributed by atoms with E-state index in [1.54, 1.807) is 6.92 Å². The number of hydrogen-bond acceptors (Lipinski definition) is 3. The number of anilines is 1. The fourth-order valence-corrected chi connectivity index (χ4v) is 4.64. The summed E-state index contributed by atoms with van der Waals surface area (Å²) in [6, 6.07) is 3.91. The van der Waals surface area contributed by atoms with Gasteiger partial charge in [-0.05, 0) is 87.6 Å². The van der Waals surface area contributed by atoms with Gasteiger partial charge in [0.25, 0.3) is 0 Å². The Bertz CT molecular complexity index is 863. The Labute approximate surface area is 160 Å². The zero-order chi connectivity index (χ0) is 19.2. The summed E-state index contributed by atoms with van der Waals surface area (Å²) in [6.07, 6.45) is 6.58. The number of fused-ring (bicyclic) bond motifs is 2. The van der Waals surface area contributed by atoms with E-state index in [0.29, 0.717) is 11.3 Å². The molecule has 1 unspecified atom stereocenters. The van der Waals surface area contributed by atoms with E-state index in [4.69, 9.17) is 4.42 Å². The van der Waals surface area contributed by atoms with Crippen LogP contribution in [-0.2, 0) is 31.3 Å². The molecule has 1 aromatic heterocycles. The van der Waals surface area contributed by atoms with Crippen LogP contribution in [-0.4, -0.2) is 17.7 Å². The highest BCUT2D eigenvalue weighted by molar-refractivity contribution is 5.92. The first-order valence-corrected chi connectivity index (χ1v) is 9.86. The van der Waals surface area contributed by atoms with Crippen LogP contribution < -0.4 is 10.6 Å². The van der Waals surface area contributed by atoms with E-state index in [-0.39, 0.29) is 12.6 Å². The molecule has 27 heavy (non-hydrogen) atoms. The maximum Gasteiger partial charge on any atom is 0.319 e. The lowest BCUT2D eigenvalue weighted by molar-refractivity contribution is 0.0584. The molecular weight excluding hydrogens is 340 g/mol. The van der Waals surface area contributed by atoms with Crippen molar-refractivity contribution in [1.29, 1.82) is 0 Å². The fraction of sp³-hybridized carbons (Fsp3) is 0.500. The molecule has 0 saturated heterocycles. The number of hydrogen-bond donors (Lipinski definition) is 3. The molecule has 0 aliphatic heterocycles. The molecular formula is C22H28N2O3. The van der Waals surface area contributed by atoms with Crippen LogP contribution in [0.3, 0.4) is 0 Å². The molecule has 0 saturated carbocycles. The summed E-state index contributed by atoms with van der Waals surface area (Å²) in [4.78, 5) is 12.6. The van der Waals surface area contributed by atoms with Crippen LogP contribution in [0.15, 0.2) is 16.5 Å². The first-order valence-electron chi connectivity index (χ1n) is 9.86. The third-order valence-electron chi connectivity index (χ3n) is 5.93. The van der Waals surface area contributed by atoms with Crippen molar-refractivity contribution in [3.63, 3.8) is 0 Å². The van der Waals surface area contributed by atoms with E-state index >= 15 is 0 Å². The molecule has 1 atom stereocenters. The largest absolute Gasteiger partial charge is 0.466 e. The number of nitrogens with one attached hydrogen (secondary N) is 2. The molecule has 1 aromatic carbocycles. The van der Waals surface area contributed by atoms with E-state index in [1.165, 1.54) is 22.3 Å². The number of aryl methyl sites for hydroxylation is 4. The number of benzene rings is 1. The van der Waals surface area contributed by atoms with Crippen LogP contribution in [0.1, 0.15) is 59.1 Å². The molecule has 2 aliphatic carbocycles. The van der Waals surface area contributed by atoms with E-state index in [9.17, 15) is 9.90 Å². The van der Waals surface area contributed by atoms with Gasteiger partial charge in [0.15, 0.2) is 0 Å². The SMILES string of the molecule is Cc1cc(C(C)(O)CNC(=O)Nc2c3c(cc4c2CCC4)CCC3)c(C)o1. The zero-order valence-corrected chi connectivity index (χ0v) is 16.4. The lowest BCUT2D eigenvalue weighted by atomic mass is 9.96. The second-order valence-electron chi connectivity index (χ2n) is 8.14. The summed E-state index contributed by atoms with van der Waals surface area (Å²) in [5, 5.41) is 16.8. The Morgan fingerprint density at radius 2 is 1.74 bits per heavy atom. The van der Waals surface area contributed by atoms with Gasteiger partial charge in [0, 0.05) is 11.3 Å². The van der Waals surface area contributed by atoms with E-state index in [0.717, 1.165) is 50.0 Å². The van der Waals surface area contributed by atoms with Gasteiger partial charge in [0.2, 0.25) is 0 Å². The van der Waals surface area contributed by atoms with Crippen molar-refractivity contribution < 1.29 is 14.3 Å². The van der Waals surface area contributed by atoms with Crippen molar-refractivity contribution >= 4 is 11.7 Å². The molecule has 2 aromatic rings. The predicted molar refractivity (Wildman–Crippen MR) is 105 cm³/mol. The van der Waals surface area contributed by atoms with Crippen molar-refractivity contribution in [2.24, 2.45) is 0 Å². The molecule has 0 fully saturated rings. The minimum atomic E-state index is -1.18. The van der Waals surface area contributed by atoms with Gasteiger partial charge >= 0.3 is 6.03 Å². The second-order valence-corrected chi connectivity index (χ2v) is 8.14. The van der Waals surface area contributed by atoms with Gasteiger partial charge in [-0.2, -0.15) is 0 Å². The summed E-state index contributed by atoms with van der Waals surface area (Å²) < 4.78 is 5.52. The summed E-state index contributed by atoms with van der Waals surface area (Å²) >= 11 is 0. The van der Waals surface area contributed by atoms with E-state index in [2.05, 4.69) is 16.7 Å². The smallest absolute Gasteiger partial charge is 0.319 e. The topological polar surface area (TPSA) is 74.5 Å². The fourth-order valence-electron chi connectivity index (χ4n) is 4.64. The first kappa shape index (κ1) is 18.1. The lowest BCUT2D eigenvalue weighted by Crippen LogP contribution is -2.41. The number of urea groups is 1. The van der Waals surface area contributed by atoms with E-state index in [1.807, 2.05) is 19.9 Å². The van der Waals surface area contributed by atoms with Crippen molar-refractivity contribution in [3.8, 4) is 0 Å². The van der Waals surface area contributed by atoms with Crippen molar-refractivity contribution in [1.82, 2.24) is 5.32 Å². The molecule has 1 heterocycles. The molecule has 4 rings (SSSR count). The average Bonchev–Trinajstić information content (AvgIpc) is 3.32. The Hall–Kier alpha value is -2.27. The van der Waals surface area contributed by atoms with E-state index < -0.39 is 5.60 Å². The second kappa shape index (κ2) is 6.71. The predicted octanol–water partition coefficient (Wildman–Crippen LogP) is 3.90. The van der Waals surface area contributed by atoms with Crippen LogP contribution in [0.25, 0.3) is 0 Å². The first-order chi connectivity index (χ1) is 12.8. The Morgan fingerprint density at radius 1 is 1.11 bits per heavy atom. The Morgan fingerprint density at radius 3 is 2.30 bits per heavy atom. The third kappa shape index (κ3) is 3.36. The van der Waals surface area contributed by atoms with Gasteiger partial charge in [-0.3, -0.25) is 0 Å². The molecule has 144 valence electrons. The summed E-state index contributed by atoms with van der Waals surface area (Å²) in [5.41, 5.74) is 5.94. The number of carbonyl (C=O) groups is 1. The van der Waals surface area contributed by atoms with Crippen LogP contribution >= 0.6 is 0 Å².